The van der Waals surface area contributed by atoms with E-state index < -0.39 is 0 Å². The van der Waals surface area contributed by atoms with E-state index in [1.54, 1.807) is 7.11 Å². The van der Waals surface area contributed by atoms with Crippen LogP contribution in [-0.4, -0.2) is 48.1 Å². The van der Waals surface area contributed by atoms with Gasteiger partial charge in [-0.05, 0) is 37.4 Å². The Bertz CT molecular complexity index is 237. The Balaban J connectivity index is 1.96. The molecule has 0 radical (unpaired) electrons. The maximum absolute atomic E-state index is 10.4. The SMILES string of the molecule is CCC(OC)C(O)C1CCOC2(CCSC2)C1. The highest BCUT2D eigenvalue weighted by Gasteiger charge is 2.43. The van der Waals surface area contributed by atoms with Crippen molar-refractivity contribution in [3.63, 3.8) is 0 Å². The average molecular weight is 260 g/mol. The normalized spacial score (nSPS) is 37.2. The van der Waals surface area contributed by atoms with Crippen LogP contribution in [0, 0.1) is 5.92 Å². The Hall–Kier alpha value is 0.230. The molecule has 100 valence electrons. The van der Waals surface area contributed by atoms with E-state index >= 15 is 0 Å². The van der Waals surface area contributed by atoms with Crippen molar-refractivity contribution in [2.45, 2.75) is 50.4 Å². The van der Waals surface area contributed by atoms with E-state index in [4.69, 9.17) is 9.47 Å². The Labute approximate surface area is 108 Å². The highest BCUT2D eigenvalue weighted by atomic mass is 32.2. The van der Waals surface area contributed by atoms with Crippen LogP contribution in [0.2, 0.25) is 0 Å². The van der Waals surface area contributed by atoms with Crippen LogP contribution in [0.5, 0.6) is 0 Å². The zero-order chi connectivity index (χ0) is 12.3. The van der Waals surface area contributed by atoms with Crippen LogP contribution in [0.15, 0.2) is 0 Å². The van der Waals surface area contributed by atoms with Crippen LogP contribution in [0.25, 0.3) is 0 Å². The molecule has 4 unspecified atom stereocenters. The van der Waals surface area contributed by atoms with Crippen molar-refractivity contribution in [3.05, 3.63) is 0 Å². The van der Waals surface area contributed by atoms with Gasteiger partial charge >= 0.3 is 0 Å². The molecular weight excluding hydrogens is 236 g/mol. The molecule has 4 heteroatoms. The smallest absolute Gasteiger partial charge is 0.0831 e. The fourth-order valence-corrected chi connectivity index (χ4v) is 4.45. The van der Waals surface area contributed by atoms with Crippen LogP contribution < -0.4 is 0 Å². The van der Waals surface area contributed by atoms with Gasteiger partial charge in [-0.15, -0.1) is 0 Å². The van der Waals surface area contributed by atoms with Crippen molar-refractivity contribution in [2.24, 2.45) is 5.92 Å². The molecule has 0 amide bonds. The van der Waals surface area contributed by atoms with Gasteiger partial charge < -0.3 is 14.6 Å². The third-order valence-corrected chi connectivity index (χ3v) is 5.39. The minimum Gasteiger partial charge on any atom is -0.390 e. The molecule has 2 aliphatic heterocycles. The fraction of sp³-hybridized carbons (Fsp3) is 1.00. The van der Waals surface area contributed by atoms with E-state index in [0.717, 1.165) is 38.0 Å². The molecule has 3 nitrogen and oxygen atoms in total. The molecule has 0 saturated carbocycles. The summed E-state index contributed by atoms with van der Waals surface area (Å²) in [5.74, 6) is 2.64. The highest BCUT2D eigenvalue weighted by molar-refractivity contribution is 7.99. The number of aliphatic hydroxyl groups excluding tert-OH is 1. The van der Waals surface area contributed by atoms with Crippen LogP contribution >= 0.6 is 11.8 Å². The summed E-state index contributed by atoms with van der Waals surface area (Å²) in [6.07, 6.45) is 3.62. The van der Waals surface area contributed by atoms with Crippen LogP contribution in [-0.2, 0) is 9.47 Å². The first-order valence-corrected chi connectivity index (χ1v) is 7.79. The summed E-state index contributed by atoms with van der Waals surface area (Å²) in [6, 6.07) is 0. The molecule has 0 aromatic heterocycles. The number of rotatable bonds is 4. The van der Waals surface area contributed by atoms with Crippen LogP contribution in [0.3, 0.4) is 0 Å². The first-order valence-electron chi connectivity index (χ1n) is 6.63. The summed E-state index contributed by atoms with van der Waals surface area (Å²) in [4.78, 5) is 0. The van der Waals surface area contributed by atoms with E-state index in [1.165, 1.54) is 5.75 Å². The summed E-state index contributed by atoms with van der Waals surface area (Å²) >= 11 is 1.98. The predicted molar refractivity (Wildman–Crippen MR) is 70.4 cm³/mol. The summed E-state index contributed by atoms with van der Waals surface area (Å²) in [5, 5.41) is 10.4. The summed E-state index contributed by atoms with van der Waals surface area (Å²) in [5.41, 5.74) is 0.0561. The molecule has 4 atom stereocenters. The molecule has 1 spiro atoms. The standard InChI is InChI=1S/C13H24O3S/c1-3-11(15-2)12(14)10-4-6-16-13(8-10)5-7-17-9-13/h10-12,14H,3-9H2,1-2H3. The number of thioether (sulfide) groups is 1. The second-order valence-electron chi connectivity index (χ2n) is 5.26. The third-order valence-electron chi connectivity index (χ3n) is 4.17. The Morgan fingerprint density at radius 1 is 1.59 bits per heavy atom. The fourth-order valence-electron chi connectivity index (χ4n) is 3.07. The molecule has 2 heterocycles. The molecule has 0 aromatic carbocycles. The van der Waals surface area contributed by atoms with Gasteiger partial charge in [0.1, 0.15) is 0 Å². The van der Waals surface area contributed by atoms with Gasteiger partial charge in [-0.3, -0.25) is 0 Å². The van der Waals surface area contributed by atoms with E-state index in [2.05, 4.69) is 6.92 Å². The van der Waals surface area contributed by atoms with Gasteiger partial charge in [0.15, 0.2) is 0 Å². The van der Waals surface area contributed by atoms with E-state index in [-0.39, 0.29) is 17.8 Å². The lowest BCUT2D eigenvalue weighted by atomic mass is 9.80. The van der Waals surface area contributed by atoms with Crippen molar-refractivity contribution in [1.82, 2.24) is 0 Å². The molecule has 2 rings (SSSR count). The maximum Gasteiger partial charge on any atom is 0.0831 e. The van der Waals surface area contributed by atoms with Crippen molar-refractivity contribution in [3.8, 4) is 0 Å². The zero-order valence-corrected chi connectivity index (χ0v) is 11.7. The van der Waals surface area contributed by atoms with E-state index in [1.807, 2.05) is 11.8 Å². The summed E-state index contributed by atoms with van der Waals surface area (Å²) in [6.45, 7) is 2.86. The molecule has 2 saturated heterocycles. The lowest BCUT2D eigenvalue weighted by Gasteiger charge is -2.40. The molecule has 0 aromatic rings. The molecule has 2 fully saturated rings. The topological polar surface area (TPSA) is 38.7 Å². The minimum atomic E-state index is -0.337. The Kier molecular flexibility index (Phi) is 4.75. The van der Waals surface area contributed by atoms with Gasteiger partial charge in [0, 0.05) is 19.5 Å². The summed E-state index contributed by atoms with van der Waals surface area (Å²) < 4.78 is 11.4. The molecule has 17 heavy (non-hydrogen) atoms. The van der Waals surface area contributed by atoms with Crippen molar-refractivity contribution >= 4 is 11.8 Å². The monoisotopic (exact) mass is 260 g/mol. The van der Waals surface area contributed by atoms with Crippen LogP contribution in [0.4, 0.5) is 0 Å². The Morgan fingerprint density at radius 3 is 3.00 bits per heavy atom. The predicted octanol–water partition coefficient (Wildman–Crippen LogP) is 2.07. The molecule has 1 N–H and O–H groups in total. The highest BCUT2D eigenvalue weighted by Crippen LogP contribution is 2.41. The largest absolute Gasteiger partial charge is 0.390 e. The van der Waals surface area contributed by atoms with Crippen molar-refractivity contribution in [1.29, 1.82) is 0 Å². The third kappa shape index (κ3) is 2.98. The summed E-state index contributed by atoms with van der Waals surface area (Å²) in [7, 11) is 1.69. The van der Waals surface area contributed by atoms with Crippen molar-refractivity contribution < 1.29 is 14.6 Å². The van der Waals surface area contributed by atoms with E-state index in [0.29, 0.717) is 5.92 Å². The number of methoxy groups -OCH3 is 1. The number of ether oxygens (including phenoxy) is 2. The quantitative estimate of drug-likeness (QED) is 0.840. The van der Waals surface area contributed by atoms with Crippen LogP contribution in [0.1, 0.15) is 32.6 Å². The van der Waals surface area contributed by atoms with Gasteiger partial charge in [0.05, 0.1) is 17.8 Å². The van der Waals surface area contributed by atoms with Gasteiger partial charge in [0.25, 0.3) is 0 Å². The average Bonchev–Trinajstić information content (AvgIpc) is 2.78. The number of hydrogen-bond donors (Lipinski definition) is 1. The molecular formula is C13H24O3S. The zero-order valence-electron chi connectivity index (χ0n) is 10.9. The van der Waals surface area contributed by atoms with Gasteiger partial charge in [-0.2, -0.15) is 11.8 Å². The second kappa shape index (κ2) is 5.91. The van der Waals surface area contributed by atoms with Gasteiger partial charge in [-0.1, -0.05) is 6.92 Å². The first kappa shape index (κ1) is 13.7. The molecule has 2 aliphatic rings. The van der Waals surface area contributed by atoms with Gasteiger partial charge in [-0.25, -0.2) is 0 Å². The second-order valence-corrected chi connectivity index (χ2v) is 6.37. The van der Waals surface area contributed by atoms with Crippen molar-refractivity contribution in [2.75, 3.05) is 25.2 Å². The lowest BCUT2D eigenvalue weighted by molar-refractivity contribution is -0.124. The van der Waals surface area contributed by atoms with Gasteiger partial charge in [0.2, 0.25) is 0 Å². The number of hydrogen-bond acceptors (Lipinski definition) is 4. The lowest BCUT2D eigenvalue weighted by Crippen LogP contribution is -2.46. The maximum atomic E-state index is 10.4. The number of aliphatic hydroxyl groups is 1. The molecule has 0 aliphatic carbocycles. The first-order chi connectivity index (χ1) is 8.21. The molecule has 0 bridgehead atoms. The minimum absolute atomic E-state index is 0.0239. The Morgan fingerprint density at radius 2 is 2.41 bits per heavy atom. The van der Waals surface area contributed by atoms with E-state index in [9.17, 15) is 5.11 Å².